The molecule has 3 aromatic carbocycles. The van der Waals surface area contributed by atoms with E-state index >= 15 is 0 Å². The topological polar surface area (TPSA) is 75.6 Å². The van der Waals surface area contributed by atoms with E-state index in [9.17, 15) is 4.79 Å². The smallest absolute Gasteiger partial charge is 0.271 e. The molecule has 0 saturated heterocycles. The highest BCUT2D eigenvalue weighted by Gasteiger charge is 2.08. The number of unbranched alkanes of at least 4 members (excludes halogenated alkanes) is 5. The second-order valence-corrected chi connectivity index (χ2v) is 10.4. The van der Waals surface area contributed by atoms with Gasteiger partial charge in [-0.25, -0.2) is 10.4 Å². The molecule has 0 aliphatic carbocycles. The molecule has 6 nitrogen and oxygen atoms in total. The first kappa shape index (κ1) is 28.3. The van der Waals surface area contributed by atoms with Crippen LogP contribution in [0.2, 0.25) is 5.02 Å². The molecule has 39 heavy (non-hydrogen) atoms. The Morgan fingerprint density at radius 1 is 0.949 bits per heavy atom. The molecule has 202 valence electrons. The van der Waals surface area contributed by atoms with E-state index in [4.69, 9.17) is 16.3 Å². The first-order valence-corrected chi connectivity index (χ1v) is 14.5. The third-order valence-corrected chi connectivity index (χ3v) is 7.08. The molecule has 0 aliphatic heterocycles. The molecule has 2 N–H and O–H groups in total. The van der Waals surface area contributed by atoms with Crippen molar-refractivity contribution in [3.63, 3.8) is 0 Å². The summed E-state index contributed by atoms with van der Waals surface area (Å²) in [4.78, 5) is 17.2. The molecule has 1 heterocycles. The van der Waals surface area contributed by atoms with Crippen molar-refractivity contribution in [3.8, 4) is 17.0 Å². The number of hydrogen-bond donors (Lipinski definition) is 2. The number of hydrogen-bond acceptors (Lipinski definition) is 6. The van der Waals surface area contributed by atoms with Crippen LogP contribution < -0.4 is 15.5 Å². The maximum absolute atomic E-state index is 12.5. The number of hydrazone groups is 1. The lowest BCUT2D eigenvalue weighted by Gasteiger charge is -2.06. The molecule has 4 rings (SSSR count). The number of aromatic nitrogens is 1. The number of halogens is 1. The number of anilines is 2. The molecule has 0 unspecified atom stereocenters. The van der Waals surface area contributed by atoms with Crippen molar-refractivity contribution in [2.24, 2.45) is 5.10 Å². The van der Waals surface area contributed by atoms with Crippen LogP contribution in [-0.2, 0) is 0 Å². The van der Waals surface area contributed by atoms with E-state index in [1.54, 1.807) is 18.3 Å². The average molecular weight is 561 g/mol. The number of rotatable bonds is 14. The van der Waals surface area contributed by atoms with Gasteiger partial charge in [0, 0.05) is 27.2 Å². The third kappa shape index (κ3) is 9.23. The van der Waals surface area contributed by atoms with Crippen LogP contribution in [0.15, 0.2) is 83.3 Å². The van der Waals surface area contributed by atoms with Gasteiger partial charge in [0.1, 0.15) is 5.75 Å². The number of carbonyl (C=O) groups excluding carboxylic acids is 1. The average Bonchev–Trinajstić information content (AvgIpc) is 3.43. The number of amides is 1. The predicted octanol–water partition coefficient (Wildman–Crippen LogP) is 8.71. The minimum Gasteiger partial charge on any atom is -0.494 e. The highest BCUT2D eigenvalue weighted by atomic mass is 35.5. The Balaban J connectivity index is 1.21. The van der Waals surface area contributed by atoms with Crippen LogP contribution in [-0.4, -0.2) is 23.7 Å². The van der Waals surface area contributed by atoms with Crippen molar-refractivity contribution < 1.29 is 9.53 Å². The lowest BCUT2D eigenvalue weighted by atomic mass is 10.1. The molecule has 0 aliphatic rings. The maximum atomic E-state index is 12.5. The zero-order valence-corrected chi connectivity index (χ0v) is 23.6. The van der Waals surface area contributed by atoms with E-state index in [-0.39, 0.29) is 5.91 Å². The summed E-state index contributed by atoms with van der Waals surface area (Å²) in [5.41, 5.74) is 6.66. The number of ether oxygens (including phenoxy) is 1. The van der Waals surface area contributed by atoms with Crippen molar-refractivity contribution in [1.29, 1.82) is 0 Å². The van der Waals surface area contributed by atoms with Gasteiger partial charge >= 0.3 is 0 Å². The van der Waals surface area contributed by atoms with E-state index < -0.39 is 0 Å². The largest absolute Gasteiger partial charge is 0.494 e. The summed E-state index contributed by atoms with van der Waals surface area (Å²) in [6.45, 7) is 2.96. The molecule has 8 heteroatoms. The van der Waals surface area contributed by atoms with Crippen LogP contribution in [0, 0.1) is 0 Å². The van der Waals surface area contributed by atoms with E-state index in [2.05, 4.69) is 27.8 Å². The van der Waals surface area contributed by atoms with Crippen molar-refractivity contribution in [2.75, 3.05) is 11.9 Å². The monoisotopic (exact) mass is 560 g/mol. The summed E-state index contributed by atoms with van der Waals surface area (Å²) in [5.74, 6) is 0.567. The van der Waals surface area contributed by atoms with E-state index in [1.165, 1.54) is 43.4 Å². The number of nitrogens with zero attached hydrogens (tertiary/aromatic N) is 2. The molecule has 0 bridgehead atoms. The van der Waals surface area contributed by atoms with Gasteiger partial charge in [-0.05, 0) is 72.6 Å². The molecule has 1 amide bonds. The maximum Gasteiger partial charge on any atom is 0.271 e. The molecular weight excluding hydrogens is 528 g/mol. The lowest BCUT2D eigenvalue weighted by molar-refractivity contribution is 0.0955. The Bertz CT molecular complexity index is 1340. The Labute approximate surface area is 239 Å². The van der Waals surface area contributed by atoms with Crippen molar-refractivity contribution in [2.45, 2.75) is 45.4 Å². The summed E-state index contributed by atoms with van der Waals surface area (Å²) in [7, 11) is 0. The quantitative estimate of drug-likeness (QED) is 0.0918. The molecular formula is C31H33ClN4O2S. The van der Waals surface area contributed by atoms with Crippen molar-refractivity contribution in [1.82, 2.24) is 10.4 Å². The minimum absolute atomic E-state index is 0.278. The highest BCUT2D eigenvalue weighted by molar-refractivity contribution is 7.14. The van der Waals surface area contributed by atoms with Crippen molar-refractivity contribution in [3.05, 3.63) is 94.3 Å². The van der Waals surface area contributed by atoms with Crippen LogP contribution in [0.4, 0.5) is 10.8 Å². The predicted molar refractivity (Wildman–Crippen MR) is 163 cm³/mol. The number of benzene rings is 3. The number of thiazole rings is 1. The zero-order valence-electron chi connectivity index (χ0n) is 22.0. The normalized spacial score (nSPS) is 11.0. The number of carbonyl (C=O) groups is 1. The Hall–Kier alpha value is -3.68. The molecule has 0 atom stereocenters. The van der Waals surface area contributed by atoms with Gasteiger partial charge in [-0.1, -0.05) is 62.8 Å². The van der Waals surface area contributed by atoms with Gasteiger partial charge in [0.25, 0.3) is 5.91 Å². The Kier molecular flexibility index (Phi) is 10.9. The third-order valence-electron chi connectivity index (χ3n) is 6.07. The van der Waals surface area contributed by atoms with Gasteiger partial charge in [-0.2, -0.15) is 5.10 Å². The fraction of sp³-hybridized carbons (Fsp3) is 0.258. The van der Waals surface area contributed by atoms with Crippen LogP contribution in [0.3, 0.4) is 0 Å². The summed E-state index contributed by atoms with van der Waals surface area (Å²) >= 11 is 7.45. The standard InChI is InChI=1S/C31H33ClN4O2S/c1-2-3-4-5-6-7-20-38-28-18-8-23(9-19-28)21-33-36-30(37)25-12-10-24(11-13-25)29-22-39-31(35-29)34-27-16-14-26(32)15-17-27/h8-19,21-22H,2-7,20H2,1H3,(H,34,35)(H,36,37)/b33-21-. The van der Waals surface area contributed by atoms with Gasteiger partial charge in [0.15, 0.2) is 5.13 Å². The van der Waals surface area contributed by atoms with E-state index in [0.29, 0.717) is 10.6 Å². The Morgan fingerprint density at radius 2 is 1.67 bits per heavy atom. The van der Waals surface area contributed by atoms with Gasteiger partial charge in [-0.15, -0.1) is 11.3 Å². The first-order valence-electron chi connectivity index (χ1n) is 13.3. The Morgan fingerprint density at radius 3 is 2.41 bits per heavy atom. The molecule has 0 saturated carbocycles. The van der Waals surface area contributed by atoms with Crippen molar-refractivity contribution >= 4 is 45.9 Å². The first-order chi connectivity index (χ1) is 19.1. The fourth-order valence-electron chi connectivity index (χ4n) is 3.87. The highest BCUT2D eigenvalue weighted by Crippen LogP contribution is 2.28. The molecule has 0 radical (unpaired) electrons. The second-order valence-electron chi connectivity index (χ2n) is 9.13. The van der Waals surface area contributed by atoms with Gasteiger partial charge in [-0.3, -0.25) is 4.79 Å². The summed E-state index contributed by atoms with van der Waals surface area (Å²) in [5, 5.41) is 10.8. The van der Waals surface area contributed by atoms with Crippen LogP contribution in [0.5, 0.6) is 5.75 Å². The summed E-state index contributed by atoms with van der Waals surface area (Å²) < 4.78 is 5.82. The van der Waals surface area contributed by atoms with E-state index in [1.807, 2.05) is 66.0 Å². The zero-order chi connectivity index (χ0) is 27.3. The second kappa shape index (κ2) is 15.0. The summed E-state index contributed by atoms with van der Waals surface area (Å²) in [6.07, 6.45) is 9.07. The van der Waals surface area contributed by atoms with Gasteiger partial charge < -0.3 is 10.1 Å². The molecule has 4 aromatic rings. The lowest BCUT2D eigenvalue weighted by Crippen LogP contribution is -2.17. The van der Waals surface area contributed by atoms with Gasteiger partial charge in [0.2, 0.25) is 0 Å². The molecule has 0 spiro atoms. The van der Waals surface area contributed by atoms with Crippen LogP contribution >= 0.6 is 22.9 Å². The minimum atomic E-state index is -0.278. The SMILES string of the molecule is CCCCCCCCOc1ccc(/C=N\NC(=O)c2ccc(-c3csc(Nc4ccc(Cl)cc4)n3)cc2)cc1. The van der Waals surface area contributed by atoms with Crippen LogP contribution in [0.25, 0.3) is 11.3 Å². The van der Waals surface area contributed by atoms with Gasteiger partial charge in [0.05, 0.1) is 18.5 Å². The molecule has 0 fully saturated rings. The van der Waals surface area contributed by atoms with E-state index in [0.717, 1.165) is 46.4 Å². The fourth-order valence-corrected chi connectivity index (χ4v) is 4.73. The molecule has 1 aromatic heterocycles. The number of nitrogens with one attached hydrogen (secondary N) is 2. The summed E-state index contributed by atoms with van der Waals surface area (Å²) in [6, 6.07) is 22.4. The van der Waals surface area contributed by atoms with Crippen LogP contribution in [0.1, 0.15) is 61.4 Å².